The molecule has 0 aliphatic carbocycles. The predicted molar refractivity (Wildman–Crippen MR) is 88.7 cm³/mol. The molecule has 2 aliphatic heterocycles. The van der Waals surface area contributed by atoms with Crippen LogP contribution in [0.15, 0.2) is 49.1 Å². The van der Waals surface area contributed by atoms with Crippen LogP contribution in [0.4, 0.5) is 0 Å². The summed E-state index contributed by atoms with van der Waals surface area (Å²) in [5, 5.41) is 10.2. The van der Waals surface area contributed by atoms with Crippen molar-refractivity contribution in [2.75, 3.05) is 6.61 Å². The van der Waals surface area contributed by atoms with E-state index in [4.69, 9.17) is 0 Å². The Balaban J connectivity index is 1.56. The smallest absolute Gasteiger partial charge is 0.115 e. The van der Waals surface area contributed by atoms with Crippen LogP contribution in [0.25, 0.3) is 0 Å². The lowest BCUT2D eigenvalue weighted by Crippen LogP contribution is -2.41. The van der Waals surface area contributed by atoms with Gasteiger partial charge in [-0.1, -0.05) is 30.3 Å². The quantitative estimate of drug-likeness (QED) is 0.921. The minimum Gasteiger partial charge on any atom is -0.396 e. The Hall–Kier alpha value is -1.78. The zero-order valence-electron chi connectivity index (χ0n) is 13.3. The van der Waals surface area contributed by atoms with E-state index in [2.05, 4.69) is 45.2 Å². The third-order valence-corrected chi connectivity index (χ3v) is 5.68. The fourth-order valence-corrected chi connectivity index (χ4v) is 4.70. The number of fused-ring (bicyclic) bond motifs is 2. The lowest BCUT2D eigenvalue weighted by Gasteiger charge is -2.36. The van der Waals surface area contributed by atoms with Gasteiger partial charge in [0.05, 0.1) is 6.61 Å². The van der Waals surface area contributed by atoms with Gasteiger partial charge >= 0.3 is 0 Å². The molecule has 4 heteroatoms. The highest BCUT2D eigenvalue weighted by atomic mass is 16.3. The number of aliphatic hydroxyl groups excluding tert-OH is 1. The van der Waals surface area contributed by atoms with Gasteiger partial charge in [-0.2, -0.15) is 0 Å². The highest BCUT2D eigenvalue weighted by Gasteiger charge is 2.55. The number of hydrogen-bond donors (Lipinski definition) is 1. The first-order chi connectivity index (χ1) is 11.3. The zero-order chi connectivity index (χ0) is 15.7. The minimum absolute atomic E-state index is 0.0000918. The van der Waals surface area contributed by atoms with E-state index in [0.29, 0.717) is 12.1 Å². The zero-order valence-corrected chi connectivity index (χ0v) is 13.3. The predicted octanol–water partition coefficient (Wildman–Crippen LogP) is 2.43. The van der Waals surface area contributed by atoms with Crippen LogP contribution < -0.4 is 0 Å². The van der Waals surface area contributed by atoms with E-state index in [-0.39, 0.29) is 12.0 Å². The summed E-state index contributed by atoms with van der Waals surface area (Å²) in [7, 11) is 0. The van der Waals surface area contributed by atoms with Gasteiger partial charge in [0.25, 0.3) is 0 Å². The molecular formula is C19H23N3O. The highest BCUT2D eigenvalue weighted by Crippen LogP contribution is 2.51. The van der Waals surface area contributed by atoms with Gasteiger partial charge in [0, 0.05) is 42.0 Å². The Kier molecular flexibility index (Phi) is 3.87. The van der Waals surface area contributed by atoms with Crippen molar-refractivity contribution in [3.63, 3.8) is 0 Å². The molecule has 0 saturated carbocycles. The minimum atomic E-state index is -0.0000918. The number of rotatable bonds is 5. The maximum Gasteiger partial charge on any atom is 0.115 e. The van der Waals surface area contributed by atoms with Crippen LogP contribution in [0.1, 0.15) is 30.4 Å². The number of aromatic nitrogens is 2. The summed E-state index contributed by atoms with van der Waals surface area (Å²) in [5.41, 5.74) is 2.50. The highest BCUT2D eigenvalue weighted by molar-refractivity contribution is 5.21. The van der Waals surface area contributed by atoms with Gasteiger partial charge in [0.2, 0.25) is 0 Å². The van der Waals surface area contributed by atoms with Crippen molar-refractivity contribution < 1.29 is 5.11 Å². The summed E-state index contributed by atoms with van der Waals surface area (Å²) in [6.45, 7) is 1.16. The van der Waals surface area contributed by atoms with Gasteiger partial charge in [-0.15, -0.1) is 0 Å². The van der Waals surface area contributed by atoms with Crippen LogP contribution in [0.2, 0.25) is 0 Å². The van der Waals surface area contributed by atoms with E-state index in [9.17, 15) is 5.11 Å². The van der Waals surface area contributed by atoms with Crippen molar-refractivity contribution in [1.82, 2.24) is 14.9 Å². The molecule has 2 aromatic rings. The van der Waals surface area contributed by atoms with Crippen LogP contribution in [-0.4, -0.2) is 38.7 Å². The van der Waals surface area contributed by atoms with Crippen molar-refractivity contribution in [3.8, 4) is 0 Å². The monoisotopic (exact) mass is 309 g/mol. The normalized spacial score (nSPS) is 30.0. The Labute approximate surface area is 137 Å². The van der Waals surface area contributed by atoms with Gasteiger partial charge in [0.1, 0.15) is 6.33 Å². The first kappa shape index (κ1) is 14.8. The molecule has 1 aromatic carbocycles. The lowest BCUT2D eigenvalue weighted by molar-refractivity contribution is 0.0750. The second-order valence-corrected chi connectivity index (χ2v) is 7.05. The molecule has 2 aliphatic rings. The molecule has 0 spiro atoms. The number of nitrogens with zero attached hydrogens (tertiary/aromatic N) is 3. The summed E-state index contributed by atoms with van der Waals surface area (Å²) in [4.78, 5) is 10.8. The molecule has 3 atom stereocenters. The largest absolute Gasteiger partial charge is 0.396 e. The SMILES string of the molecule is OC[C@]1(Cc2ccccc2)C[C@@H]2CC[C@H]1N2Cc1cncnc1. The van der Waals surface area contributed by atoms with E-state index in [1.165, 1.54) is 18.4 Å². The second-order valence-electron chi connectivity index (χ2n) is 7.05. The molecule has 1 N–H and O–H groups in total. The molecule has 0 unspecified atom stereocenters. The average molecular weight is 309 g/mol. The van der Waals surface area contributed by atoms with Gasteiger partial charge in [-0.05, 0) is 31.2 Å². The molecule has 4 nitrogen and oxygen atoms in total. The summed E-state index contributed by atoms with van der Waals surface area (Å²) in [6.07, 6.45) is 9.88. The third-order valence-electron chi connectivity index (χ3n) is 5.68. The second kappa shape index (κ2) is 6.02. The summed E-state index contributed by atoms with van der Waals surface area (Å²) < 4.78 is 0. The number of benzene rings is 1. The Morgan fingerprint density at radius 2 is 1.87 bits per heavy atom. The first-order valence-corrected chi connectivity index (χ1v) is 8.45. The average Bonchev–Trinajstić information content (AvgIpc) is 3.11. The van der Waals surface area contributed by atoms with Crippen LogP contribution in [0.5, 0.6) is 0 Å². The fraction of sp³-hybridized carbons (Fsp3) is 0.474. The van der Waals surface area contributed by atoms with Gasteiger partial charge in [-0.25, -0.2) is 9.97 Å². The number of hydrogen-bond acceptors (Lipinski definition) is 4. The van der Waals surface area contributed by atoms with Gasteiger partial charge in [-0.3, -0.25) is 4.90 Å². The van der Waals surface area contributed by atoms with Crippen molar-refractivity contribution in [2.45, 2.75) is 44.3 Å². The van der Waals surface area contributed by atoms with Crippen molar-refractivity contribution >= 4 is 0 Å². The summed E-state index contributed by atoms with van der Waals surface area (Å²) in [6, 6.07) is 11.6. The van der Waals surface area contributed by atoms with Gasteiger partial charge in [0.15, 0.2) is 0 Å². The molecule has 1 aromatic heterocycles. The first-order valence-electron chi connectivity index (χ1n) is 8.45. The Morgan fingerprint density at radius 1 is 1.09 bits per heavy atom. The van der Waals surface area contributed by atoms with Crippen LogP contribution >= 0.6 is 0 Å². The molecule has 23 heavy (non-hydrogen) atoms. The van der Waals surface area contributed by atoms with E-state index < -0.39 is 0 Å². The molecular weight excluding hydrogens is 286 g/mol. The molecule has 120 valence electrons. The Morgan fingerprint density at radius 3 is 2.61 bits per heavy atom. The summed E-state index contributed by atoms with van der Waals surface area (Å²) >= 11 is 0. The molecule has 2 saturated heterocycles. The Bertz CT molecular complexity index is 648. The van der Waals surface area contributed by atoms with Crippen molar-refractivity contribution in [2.24, 2.45) is 5.41 Å². The van der Waals surface area contributed by atoms with Crippen molar-refractivity contribution in [1.29, 1.82) is 0 Å². The third kappa shape index (κ3) is 2.66. The molecule has 2 fully saturated rings. The van der Waals surface area contributed by atoms with E-state index in [1.807, 2.05) is 12.4 Å². The standard InChI is InChI=1S/C19H23N3O/c23-13-19(8-15-4-2-1-3-5-15)9-17-6-7-18(19)22(17)12-16-10-20-14-21-11-16/h1-5,10-11,14,17-18,23H,6-9,12-13H2/t17-,18+,19-/m0/s1. The molecule has 3 heterocycles. The molecule has 4 rings (SSSR count). The van der Waals surface area contributed by atoms with E-state index >= 15 is 0 Å². The maximum atomic E-state index is 10.2. The maximum absolute atomic E-state index is 10.2. The van der Waals surface area contributed by atoms with Crippen LogP contribution in [0.3, 0.4) is 0 Å². The fourth-order valence-electron chi connectivity index (χ4n) is 4.70. The van der Waals surface area contributed by atoms with Crippen LogP contribution in [0, 0.1) is 5.41 Å². The lowest BCUT2D eigenvalue weighted by atomic mass is 9.70. The molecule has 0 amide bonds. The van der Waals surface area contributed by atoms with E-state index in [0.717, 1.165) is 24.9 Å². The molecule has 2 bridgehead atoms. The van der Waals surface area contributed by atoms with E-state index in [1.54, 1.807) is 6.33 Å². The topological polar surface area (TPSA) is 49.2 Å². The number of aliphatic hydroxyl groups is 1. The molecule has 0 radical (unpaired) electrons. The van der Waals surface area contributed by atoms with Crippen LogP contribution in [-0.2, 0) is 13.0 Å². The van der Waals surface area contributed by atoms with Gasteiger partial charge < -0.3 is 5.11 Å². The van der Waals surface area contributed by atoms with Crippen molar-refractivity contribution in [3.05, 3.63) is 60.2 Å². The summed E-state index contributed by atoms with van der Waals surface area (Å²) in [5.74, 6) is 0.